The minimum absolute atomic E-state index is 0.0848. The van der Waals surface area contributed by atoms with E-state index in [-0.39, 0.29) is 25.7 Å². The number of phosphoric ester groups is 2. The molecule has 0 heterocycles. The van der Waals surface area contributed by atoms with Gasteiger partial charge in [-0.3, -0.25) is 37.3 Å². The number of allylic oxidation sites excluding steroid dienone is 4. The number of carbonyl (C=O) groups excluding carboxylic acids is 4. The van der Waals surface area contributed by atoms with Gasteiger partial charge in [0.25, 0.3) is 0 Å². The molecule has 0 amide bonds. The minimum atomic E-state index is -4.97. The molecule has 0 aromatic rings. The Hall–Kier alpha value is -2.46. The summed E-state index contributed by atoms with van der Waals surface area (Å²) in [6.07, 6.45) is 70.2. The molecule has 0 fully saturated rings. The SMILES string of the molecule is CCCCCC/C=C\C=C/CCCCCCCC(=O)O[C@H](COC(=O)CCCCCCCCCCC(C)CC)COP(=O)(O)OC[C@H](O)COP(=O)(O)OC[C@@H](COC(=O)CCCCCCCCCCCCCCCCC(C)C)OC(=O)CCCCCCCCCCCCCCCCCCCCCC. The van der Waals surface area contributed by atoms with Gasteiger partial charge in [0.15, 0.2) is 12.2 Å². The standard InChI is InChI=1S/C85H162O17P2/c1-7-10-12-14-16-18-20-22-24-25-26-27-28-30-36-40-44-52-58-64-70-84(89)101-80(73-95-82(87)67-61-55-49-42-38-34-32-31-33-37-41-47-53-59-65-77(4)5)75-99-103(91,92)97-71-79(86)72-98-104(93,94)100-76-81(74-96-83(88)68-62-56-50-46-45-48-54-60-66-78(6)9-3)102-85(90)69-63-57-51-43-39-35-29-23-21-19-17-15-13-11-8-2/h19,21,23,29,77-81,86H,7-18,20,22,24-28,30-76H2,1-6H3,(H,91,92)(H,93,94)/b21-19-,29-23-/t78?,79-,80-,81-/m1/s1. The summed E-state index contributed by atoms with van der Waals surface area (Å²) in [5.41, 5.74) is 0. The molecule has 0 radical (unpaired) electrons. The van der Waals surface area contributed by atoms with Crippen molar-refractivity contribution in [3.05, 3.63) is 24.3 Å². The molecule has 0 aromatic heterocycles. The normalized spacial score (nSPS) is 14.2. The first kappa shape index (κ1) is 102. The Morgan fingerprint density at radius 1 is 0.317 bits per heavy atom. The zero-order valence-electron chi connectivity index (χ0n) is 67.8. The summed E-state index contributed by atoms with van der Waals surface area (Å²) in [4.78, 5) is 73.2. The van der Waals surface area contributed by atoms with Gasteiger partial charge in [0.05, 0.1) is 26.4 Å². The van der Waals surface area contributed by atoms with Crippen LogP contribution in [0.25, 0.3) is 0 Å². The first-order valence-corrected chi connectivity index (χ1v) is 46.3. The lowest BCUT2D eigenvalue weighted by Gasteiger charge is -2.21. The number of aliphatic hydroxyl groups is 1. The highest BCUT2D eigenvalue weighted by atomic mass is 31.2. The molecule has 0 rings (SSSR count). The van der Waals surface area contributed by atoms with E-state index in [2.05, 4.69) is 65.8 Å². The monoisotopic (exact) mass is 1520 g/mol. The van der Waals surface area contributed by atoms with Crippen molar-refractivity contribution in [2.24, 2.45) is 11.8 Å². The molecule has 3 N–H and O–H groups in total. The van der Waals surface area contributed by atoms with E-state index in [1.54, 1.807) is 0 Å². The lowest BCUT2D eigenvalue weighted by atomic mass is 9.99. The maximum Gasteiger partial charge on any atom is 0.472 e. The van der Waals surface area contributed by atoms with Crippen LogP contribution >= 0.6 is 15.6 Å². The number of hydrogen-bond donors (Lipinski definition) is 3. The zero-order chi connectivity index (χ0) is 76.4. The lowest BCUT2D eigenvalue weighted by Crippen LogP contribution is -2.30. The molecule has 0 bridgehead atoms. The van der Waals surface area contributed by atoms with Crippen molar-refractivity contribution in [1.29, 1.82) is 0 Å². The van der Waals surface area contributed by atoms with Gasteiger partial charge < -0.3 is 33.8 Å². The fourth-order valence-corrected chi connectivity index (χ4v) is 14.3. The topological polar surface area (TPSA) is 237 Å². The van der Waals surface area contributed by atoms with Gasteiger partial charge in [-0.15, -0.1) is 0 Å². The fraction of sp³-hybridized carbons (Fsp3) is 0.906. The minimum Gasteiger partial charge on any atom is -0.462 e. The van der Waals surface area contributed by atoms with Gasteiger partial charge in [0.2, 0.25) is 0 Å². The summed E-state index contributed by atoms with van der Waals surface area (Å²) in [6.45, 7) is 9.62. The fourth-order valence-electron chi connectivity index (χ4n) is 12.7. The van der Waals surface area contributed by atoms with E-state index in [1.807, 2.05) is 0 Å². The molecule has 0 aliphatic rings. The van der Waals surface area contributed by atoms with Crippen LogP contribution in [0.3, 0.4) is 0 Å². The van der Waals surface area contributed by atoms with Crippen molar-refractivity contribution < 1.29 is 80.2 Å². The molecule has 0 spiro atoms. The highest BCUT2D eigenvalue weighted by Gasteiger charge is 2.30. The molecule has 19 heteroatoms. The van der Waals surface area contributed by atoms with Gasteiger partial charge >= 0.3 is 39.5 Å². The Labute approximate surface area is 637 Å². The van der Waals surface area contributed by atoms with E-state index in [9.17, 15) is 43.2 Å². The largest absolute Gasteiger partial charge is 0.472 e. The molecule has 0 saturated heterocycles. The van der Waals surface area contributed by atoms with Crippen LogP contribution in [-0.4, -0.2) is 96.7 Å². The lowest BCUT2D eigenvalue weighted by molar-refractivity contribution is -0.161. The first-order valence-electron chi connectivity index (χ1n) is 43.3. The zero-order valence-corrected chi connectivity index (χ0v) is 69.6. The van der Waals surface area contributed by atoms with Crippen LogP contribution in [0.5, 0.6) is 0 Å². The van der Waals surface area contributed by atoms with Crippen LogP contribution in [0.4, 0.5) is 0 Å². The Bertz CT molecular complexity index is 2090. The molecule has 3 unspecified atom stereocenters. The molecule has 17 nitrogen and oxygen atoms in total. The number of phosphoric acid groups is 2. The highest BCUT2D eigenvalue weighted by Crippen LogP contribution is 2.45. The molecular formula is C85H162O17P2. The van der Waals surface area contributed by atoms with Gasteiger partial charge in [0, 0.05) is 25.7 Å². The van der Waals surface area contributed by atoms with Gasteiger partial charge in [-0.05, 0) is 63.2 Å². The average Bonchev–Trinajstić information content (AvgIpc) is 0.928. The predicted molar refractivity (Wildman–Crippen MR) is 427 cm³/mol. The van der Waals surface area contributed by atoms with Crippen LogP contribution in [0, 0.1) is 11.8 Å². The van der Waals surface area contributed by atoms with E-state index >= 15 is 0 Å². The third-order valence-electron chi connectivity index (χ3n) is 19.7. The van der Waals surface area contributed by atoms with E-state index in [4.69, 9.17) is 37.0 Å². The Kier molecular flexibility index (Phi) is 74.1. The summed E-state index contributed by atoms with van der Waals surface area (Å²) in [5, 5.41) is 10.7. The summed E-state index contributed by atoms with van der Waals surface area (Å²) in [5.74, 6) is -0.562. The third kappa shape index (κ3) is 76.3. The van der Waals surface area contributed by atoms with E-state index in [1.165, 1.54) is 231 Å². The number of carbonyl (C=O) groups is 4. The number of aliphatic hydroxyl groups excluding tert-OH is 1. The Morgan fingerprint density at radius 3 is 0.865 bits per heavy atom. The van der Waals surface area contributed by atoms with Crippen molar-refractivity contribution in [1.82, 2.24) is 0 Å². The van der Waals surface area contributed by atoms with E-state index < -0.39 is 97.5 Å². The average molecular weight is 1520 g/mol. The van der Waals surface area contributed by atoms with Crippen LogP contribution < -0.4 is 0 Å². The van der Waals surface area contributed by atoms with Crippen LogP contribution in [-0.2, 0) is 65.4 Å². The molecule has 104 heavy (non-hydrogen) atoms. The highest BCUT2D eigenvalue weighted by molar-refractivity contribution is 7.47. The number of rotatable bonds is 82. The number of esters is 4. The Morgan fingerprint density at radius 2 is 0.567 bits per heavy atom. The molecule has 0 saturated carbocycles. The van der Waals surface area contributed by atoms with Crippen LogP contribution in [0.1, 0.15) is 427 Å². The van der Waals surface area contributed by atoms with Gasteiger partial charge in [-0.2, -0.15) is 0 Å². The van der Waals surface area contributed by atoms with Gasteiger partial charge in [-0.25, -0.2) is 9.13 Å². The maximum atomic E-state index is 13.1. The third-order valence-corrected chi connectivity index (χ3v) is 21.6. The molecule has 0 aliphatic carbocycles. The number of hydrogen-bond acceptors (Lipinski definition) is 15. The number of unbranched alkanes of at least 4 members (excludes halogenated alkanes) is 48. The summed E-state index contributed by atoms with van der Waals surface area (Å²) < 4.78 is 68.8. The van der Waals surface area contributed by atoms with Crippen molar-refractivity contribution >= 4 is 39.5 Å². The molecule has 6 atom stereocenters. The second-order valence-corrected chi connectivity index (χ2v) is 33.5. The maximum absolute atomic E-state index is 13.1. The molecule has 0 aliphatic heterocycles. The van der Waals surface area contributed by atoms with Gasteiger partial charge in [0.1, 0.15) is 19.3 Å². The molecule has 614 valence electrons. The molecular weight excluding hydrogens is 1350 g/mol. The van der Waals surface area contributed by atoms with Gasteiger partial charge in [-0.1, -0.05) is 374 Å². The Balaban J connectivity index is 5.29. The van der Waals surface area contributed by atoms with Crippen molar-refractivity contribution in [2.75, 3.05) is 39.6 Å². The van der Waals surface area contributed by atoms with E-state index in [0.717, 1.165) is 115 Å². The van der Waals surface area contributed by atoms with E-state index in [0.29, 0.717) is 25.7 Å². The van der Waals surface area contributed by atoms with Crippen molar-refractivity contribution in [2.45, 2.75) is 445 Å². The predicted octanol–water partition coefficient (Wildman–Crippen LogP) is 25.4. The smallest absolute Gasteiger partial charge is 0.462 e. The van der Waals surface area contributed by atoms with Crippen molar-refractivity contribution in [3.63, 3.8) is 0 Å². The second kappa shape index (κ2) is 75.9. The first-order chi connectivity index (χ1) is 50.4. The second-order valence-electron chi connectivity index (χ2n) is 30.6. The summed E-state index contributed by atoms with van der Waals surface area (Å²) in [6, 6.07) is 0. The van der Waals surface area contributed by atoms with Crippen LogP contribution in [0.2, 0.25) is 0 Å². The number of ether oxygens (including phenoxy) is 4. The molecule has 0 aromatic carbocycles. The van der Waals surface area contributed by atoms with Crippen LogP contribution in [0.15, 0.2) is 24.3 Å². The summed E-state index contributed by atoms with van der Waals surface area (Å²) >= 11 is 0. The quantitative estimate of drug-likeness (QED) is 0.0169. The summed E-state index contributed by atoms with van der Waals surface area (Å²) in [7, 11) is -9.94. The van der Waals surface area contributed by atoms with Crippen molar-refractivity contribution in [3.8, 4) is 0 Å².